The van der Waals surface area contributed by atoms with Crippen LogP contribution in [0, 0.1) is 5.82 Å². The third-order valence-corrected chi connectivity index (χ3v) is 3.07. The quantitative estimate of drug-likeness (QED) is 0.896. The Hall–Kier alpha value is -1.38. The fraction of sp³-hybridized carbons (Fsp3) is 0.200. The third-order valence-electron chi connectivity index (χ3n) is 2.83. The molecule has 2 aromatic rings. The van der Waals surface area contributed by atoms with Crippen LogP contribution in [0.15, 0.2) is 48.5 Å². The van der Waals surface area contributed by atoms with Crippen LogP contribution in [0.5, 0.6) is 0 Å². The van der Waals surface area contributed by atoms with Gasteiger partial charge in [0.1, 0.15) is 5.82 Å². The van der Waals surface area contributed by atoms with Gasteiger partial charge in [-0.3, -0.25) is 0 Å². The lowest BCUT2D eigenvalue weighted by Gasteiger charge is -2.12. The second-order valence-electron chi connectivity index (χ2n) is 4.39. The molecule has 1 unspecified atom stereocenters. The maximum atomic E-state index is 13.6. The van der Waals surface area contributed by atoms with Crippen molar-refractivity contribution < 1.29 is 4.39 Å². The summed E-state index contributed by atoms with van der Waals surface area (Å²) in [5, 5.41) is 0.540. The predicted molar refractivity (Wildman–Crippen MR) is 73.2 cm³/mol. The zero-order valence-electron chi connectivity index (χ0n) is 9.94. The summed E-state index contributed by atoms with van der Waals surface area (Å²) >= 11 is 5.85. The van der Waals surface area contributed by atoms with Crippen molar-refractivity contribution in [1.82, 2.24) is 0 Å². The van der Waals surface area contributed by atoms with E-state index in [0.717, 1.165) is 12.0 Å². The van der Waals surface area contributed by atoms with E-state index in [1.54, 1.807) is 12.1 Å². The fourth-order valence-corrected chi connectivity index (χ4v) is 2.17. The predicted octanol–water partition coefficient (Wildman–Crippen LogP) is 3.59. The normalized spacial score (nSPS) is 12.4. The first-order chi connectivity index (χ1) is 8.65. The monoisotopic (exact) mass is 263 g/mol. The highest BCUT2D eigenvalue weighted by molar-refractivity contribution is 6.30. The van der Waals surface area contributed by atoms with Crippen molar-refractivity contribution in [3.05, 3.63) is 70.5 Å². The van der Waals surface area contributed by atoms with Crippen LogP contribution >= 0.6 is 11.6 Å². The van der Waals surface area contributed by atoms with Crippen LogP contribution in [-0.2, 0) is 12.8 Å². The molecule has 1 atom stereocenters. The van der Waals surface area contributed by atoms with E-state index in [-0.39, 0.29) is 11.9 Å². The molecule has 0 fully saturated rings. The second-order valence-corrected chi connectivity index (χ2v) is 4.83. The van der Waals surface area contributed by atoms with Crippen molar-refractivity contribution in [2.24, 2.45) is 5.73 Å². The smallest absolute Gasteiger partial charge is 0.126 e. The van der Waals surface area contributed by atoms with Gasteiger partial charge in [0.25, 0.3) is 0 Å². The Labute approximate surface area is 111 Å². The highest BCUT2D eigenvalue weighted by Crippen LogP contribution is 2.17. The van der Waals surface area contributed by atoms with Crippen molar-refractivity contribution >= 4 is 11.6 Å². The van der Waals surface area contributed by atoms with E-state index in [1.165, 1.54) is 6.07 Å². The lowest BCUT2D eigenvalue weighted by atomic mass is 9.99. The molecule has 2 aromatic carbocycles. The highest BCUT2D eigenvalue weighted by atomic mass is 35.5. The molecule has 0 saturated heterocycles. The summed E-state index contributed by atoms with van der Waals surface area (Å²) in [6.45, 7) is 0. The van der Waals surface area contributed by atoms with E-state index in [0.29, 0.717) is 17.0 Å². The molecule has 0 aromatic heterocycles. The summed E-state index contributed by atoms with van der Waals surface area (Å²) in [6.07, 6.45) is 1.22. The molecule has 0 heterocycles. The molecule has 1 nitrogen and oxygen atoms in total. The molecular formula is C15H15ClFN. The minimum absolute atomic E-state index is 0.111. The Kier molecular flexibility index (Phi) is 4.34. The molecular weight excluding hydrogens is 249 g/mol. The summed E-state index contributed by atoms with van der Waals surface area (Å²) in [7, 11) is 0. The van der Waals surface area contributed by atoms with E-state index in [9.17, 15) is 4.39 Å². The molecule has 0 aliphatic rings. The second kappa shape index (κ2) is 5.98. The third kappa shape index (κ3) is 3.56. The van der Waals surface area contributed by atoms with Crippen LogP contribution < -0.4 is 5.73 Å². The number of hydrogen-bond acceptors (Lipinski definition) is 1. The van der Waals surface area contributed by atoms with Gasteiger partial charge in [-0.15, -0.1) is 0 Å². The molecule has 0 radical (unpaired) electrons. The van der Waals surface area contributed by atoms with E-state index >= 15 is 0 Å². The first kappa shape index (κ1) is 13.1. The molecule has 0 spiro atoms. The van der Waals surface area contributed by atoms with Gasteiger partial charge in [0.15, 0.2) is 0 Å². The summed E-state index contributed by atoms with van der Waals surface area (Å²) < 4.78 is 13.6. The number of benzene rings is 2. The lowest BCUT2D eigenvalue weighted by Crippen LogP contribution is -2.26. The van der Waals surface area contributed by atoms with Crippen LogP contribution in [0.1, 0.15) is 11.1 Å². The molecule has 0 saturated carbocycles. The van der Waals surface area contributed by atoms with Gasteiger partial charge in [-0.05, 0) is 42.2 Å². The van der Waals surface area contributed by atoms with Gasteiger partial charge in [0.05, 0.1) is 0 Å². The van der Waals surface area contributed by atoms with Crippen LogP contribution in [0.25, 0.3) is 0 Å². The highest BCUT2D eigenvalue weighted by Gasteiger charge is 2.09. The molecule has 2 rings (SSSR count). The van der Waals surface area contributed by atoms with Crippen LogP contribution in [0.2, 0.25) is 5.02 Å². The maximum absolute atomic E-state index is 13.6. The average molecular weight is 264 g/mol. The van der Waals surface area contributed by atoms with Crippen molar-refractivity contribution in [1.29, 1.82) is 0 Å². The molecule has 0 amide bonds. The largest absolute Gasteiger partial charge is 0.327 e. The maximum Gasteiger partial charge on any atom is 0.126 e. The van der Waals surface area contributed by atoms with Crippen LogP contribution in [0.3, 0.4) is 0 Å². The number of nitrogens with two attached hydrogens (primary N) is 1. The Morgan fingerprint density at radius 3 is 2.50 bits per heavy atom. The minimum Gasteiger partial charge on any atom is -0.327 e. The average Bonchev–Trinajstić information content (AvgIpc) is 2.35. The van der Waals surface area contributed by atoms with Gasteiger partial charge < -0.3 is 5.73 Å². The van der Waals surface area contributed by atoms with E-state index < -0.39 is 0 Å². The van der Waals surface area contributed by atoms with Gasteiger partial charge in [-0.2, -0.15) is 0 Å². The summed E-state index contributed by atoms with van der Waals surface area (Å²) in [5.41, 5.74) is 7.78. The van der Waals surface area contributed by atoms with E-state index in [1.807, 2.05) is 30.3 Å². The molecule has 3 heteroatoms. The van der Waals surface area contributed by atoms with E-state index in [4.69, 9.17) is 17.3 Å². The standard InChI is InChI=1S/C15H15ClFN/c16-13-6-7-15(17)12(9-13)10-14(18)8-11-4-2-1-3-5-11/h1-7,9,14H,8,10,18H2. The van der Waals surface area contributed by atoms with E-state index in [2.05, 4.69) is 0 Å². The molecule has 0 bridgehead atoms. The van der Waals surface area contributed by atoms with Crippen molar-refractivity contribution in [3.8, 4) is 0 Å². The first-order valence-corrected chi connectivity index (χ1v) is 6.26. The Morgan fingerprint density at radius 1 is 1.06 bits per heavy atom. The topological polar surface area (TPSA) is 26.0 Å². The Balaban J connectivity index is 2.03. The number of rotatable bonds is 4. The van der Waals surface area contributed by atoms with Gasteiger partial charge in [0.2, 0.25) is 0 Å². The Morgan fingerprint density at radius 2 is 1.78 bits per heavy atom. The van der Waals surface area contributed by atoms with Gasteiger partial charge in [0, 0.05) is 11.1 Å². The van der Waals surface area contributed by atoms with Crippen molar-refractivity contribution in [2.45, 2.75) is 18.9 Å². The van der Waals surface area contributed by atoms with Crippen LogP contribution in [0.4, 0.5) is 4.39 Å². The molecule has 18 heavy (non-hydrogen) atoms. The van der Waals surface area contributed by atoms with Gasteiger partial charge in [-0.1, -0.05) is 41.9 Å². The number of hydrogen-bond donors (Lipinski definition) is 1. The SMILES string of the molecule is NC(Cc1ccccc1)Cc1cc(Cl)ccc1F. The fourth-order valence-electron chi connectivity index (χ4n) is 1.97. The van der Waals surface area contributed by atoms with Gasteiger partial charge >= 0.3 is 0 Å². The minimum atomic E-state index is -0.247. The summed E-state index contributed by atoms with van der Waals surface area (Å²) in [6, 6.07) is 14.4. The first-order valence-electron chi connectivity index (χ1n) is 5.88. The van der Waals surface area contributed by atoms with Crippen molar-refractivity contribution in [3.63, 3.8) is 0 Å². The van der Waals surface area contributed by atoms with Gasteiger partial charge in [-0.25, -0.2) is 4.39 Å². The summed E-state index contributed by atoms with van der Waals surface area (Å²) in [4.78, 5) is 0. The molecule has 2 N–H and O–H groups in total. The zero-order valence-corrected chi connectivity index (χ0v) is 10.7. The molecule has 0 aliphatic carbocycles. The van der Waals surface area contributed by atoms with Crippen molar-refractivity contribution in [2.75, 3.05) is 0 Å². The lowest BCUT2D eigenvalue weighted by molar-refractivity contribution is 0.584. The zero-order chi connectivity index (χ0) is 13.0. The molecule has 94 valence electrons. The molecule has 0 aliphatic heterocycles. The van der Waals surface area contributed by atoms with Crippen LogP contribution in [-0.4, -0.2) is 6.04 Å². The number of halogens is 2. The Bertz CT molecular complexity index is 513. The summed E-state index contributed by atoms with van der Waals surface area (Å²) in [5.74, 6) is -0.247.